The molecule has 0 saturated carbocycles. The van der Waals surface area contributed by atoms with E-state index in [2.05, 4.69) is 4.72 Å². The van der Waals surface area contributed by atoms with Gasteiger partial charge in [-0.25, -0.2) is 18.0 Å². The number of benzene rings is 3. The van der Waals surface area contributed by atoms with Crippen molar-refractivity contribution in [3.05, 3.63) is 76.6 Å². The second-order valence-corrected chi connectivity index (χ2v) is 10.4. The quantitative estimate of drug-likeness (QED) is 0.160. The Morgan fingerprint density at radius 2 is 1.64 bits per heavy atom. The molecule has 4 aromatic rings. The molecule has 4 rings (SSSR count). The van der Waals surface area contributed by atoms with Crippen LogP contribution in [0.2, 0.25) is 0 Å². The van der Waals surface area contributed by atoms with Gasteiger partial charge in [-0.2, -0.15) is 4.72 Å². The second-order valence-electron chi connectivity index (χ2n) is 8.68. The number of fused-ring (bicyclic) bond motifs is 3. The number of aryl methyl sites for hydroxylation is 1. The largest absolute Gasteiger partial charge is 0.497 e. The van der Waals surface area contributed by atoms with Crippen molar-refractivity contribution in [3.63, 3.8) is 0 Å². The highest BCUT2D eigenvalue weighted by Crippen LogP contribution is 2.29. The zero-order valence-corrected chi connectivity index (χ0v) is 21.2. The molecule has 188 valence electrons. The van der Waals surface area contributed by atoms with E-state index in [0.29, 0.717) is 28.3 Å². The van der Waals surface area contributed by atoms with Crippen LogP contribution in [-0.4, -0.2) is 27.5 Å². The number of carbonyl (C=O) groups is 1. The Morgan fingerprint density at radius 1 is 0.972 bits per heavy atom. The van der Waals surface area contributed by atoms with Crippen molar-refractivity contribution in [2.75, 3.05) is 7.11 Å². The molecular weight excluding hydrogens is 482 g/mol. The third-order valence-electron chi connectivity index (χ3n) is 6.19. The standard InChI is InChI=1S/C27H27NO7S/c1-5-17(3)25(28-36(31,32)20-10-6-16(2)7-11-20)27(30)34-19-9-13-22-21-12-8-18(33-4)14-23(21)26(29)35-24(22)15-19/h6-15,17,25,28H,5H2,1-4H3/t17-,25+/m1/s1. The van der Waals surface area contributed by atoms with Gasteiger partial charge in [0.2, 0.25) is 10.0 Å². The first-order valence-electron chi connectivity index (χ1n) is 11.5. The number of carbonyl (C=O) groups excluding carboxylic acids is 1. The molecule has 8 nitrogen and oxygen atoms in total. The first-order valence-corrected chi connectivity index (χ1v) is 13.0. The van der Waals surface area contributed by atoms with E-state index in [1.54, 1.807) is 49.4 Å². The fourth-order valence-electron chi connectivity index (χ4n) is 3.85. The Bertz CT molecular complexity index is 1590. The number of hydrogen-bond acceptors (Lipinski definition) is 7. The summed E-state index contributed by atoms with van der Waals surface area (Å²) in [6.07, 6.45) is 0.540. The maximum Gasteiger partial charge on any atom is 0.344 e. The van der Waals surface area contributed by atoms with Crippen molar-refractivity contribution < 1.29 is 27.1 Å². The van der Waals surface area contributed by atoms with Crippen LogP contribution in [0, 0.1) is 12.8 Å². The summed E-state index contributed by atoms with van der Waals surface area (Å²) >= 11 is 0. The first-order chi connectivity index (χ1) is 17.1. The zero-order chi connectivity index (χ0) is 26.0. The number of esters is 1. The summed E-state index contributed by atoms with van der Waals surface area (Å²) < 4.78 is 44.6. The van der Waals surface area contributed by atoms with E-state index in [4.69, 9.17) is 13.9 Å². The van der Waals surface area contributed by atoms with Gasteiger partial charge in [0.1, 0.15) is 23.1 Å². The van der Waals surface area contributed by atoms with Gasteiger partial charge in [0, 0.05) is 16.8 Å². The zero-order valence-electron chi connectivity index (χ0n) is 20.4. The van der Waals surface area contributed by atoms with Crippen molar-refractivity contribution in [1.82, 2.24) is 4.72 Å². The minimum atomic E-state index is -3.96. The van der Waals surface area contributed by atoms with Crippen molar-refractivity contribution in [1.29, 1.82) is 0 Å². The van der Waals surface area contributed by atoms with Crippen LogP contribution in [0.5, 0.6) is 11.5 Å². The molecule has 0 fully saturated rings. The van der Waals surface area contributed by atoms with Crippen LogP contribution in [0.25, 0.3) is 21.7 Å². The van der Waals surface area contributed by atoms with E-state index in [1.807, 2.05) is 13.8 Å². The van der Waals surface area contributed by atoms with Crippen LogP contribution in [0.15, 0.2) is 74.8 Å². The highest BCUT2D eigenvalue weighted by molar-refractivity contribution is 7.89. The molecule has 0 spiro atoms. The normalized spacial score (nSPS) is 13.4. The van der Waals surface area contributed by atoms with Gasteiger partial charge in [-0.15, -0.1) is 0 Å². The summed E-state index contributed by atoms with van der Waals surface area (Å²) in [5.74, 6) is -0.433. The Morgan fingerprint density at radius 3 is 2.31 bits per heavy atom. The average Bonchev–Trinajstić information content (AvgIpc) is 2.86. The highest BCUT2D eigenvalue weighted by atomic mass is 32.2. The highest BCUT2D eigenvalue weighted by Gasteiger charge is 2.31. The van der Waals surface area contributed by atoms with E-state index in [1.165, 1.54) is 25.3 Å². The van der Waals surface area contributed by atoms with E-state index in [9.17, 15) is 18.0 Å². The summed E-state index contributed by atoms with van der Waals surface area (Å²) in [5.41, 5.74) is 0.605. The third-order valence-corrected chi connectivity index (χ3v) is 7.65. The SMILES string of the molecule is CC[C@@H](C)[C@H](NS(=O)(=O)c1ccc(C)cc1)C(=O)Oc1ccc2c(c1)oc(=O)c1cc(OC)ccc12. The minimum Gasteiger partial charge on any atom is -0.497 e. The monoisotopic (exact) mass is 509 g/mol. The van der Waals surface area contributed by atoms with Crippen LogP contribution in [0.1, 0.15) is 25.8 Å². The van der Waals surface area contributed by atoms with Gasteiger partial charge in [-0.1, -0.05) is 38.0 Å². The molecule has 9 heteroatoms. The van der Waals surface area contributed by atoms with Gasteiger partial charge in [-0.05, 0) is 55.3 Å². The molecule has 0 saturated heterocycles. The lowest BCUT2D eigenvalue weighted by Crippen LogP contribution is -2.46. The maximum absolute atomic E-state index is 13.1. The molecule has 0 amide bonds. The van der Waals surface area contributed by atoms with Crippen molar-refractivity contribution in [2.45, 2.75) is 38.1 Å². The molecule has 3 aromatic carbocycles. The van der Waals surface area contributed by atoms with Crippen LogP contribution in [0.4, 0.5) is 0 Å². The molecule has 0 aliphatic carbocycles. The van der Waals surface area contributed by atoms with Gasteiger partial charge in [0.05, 0.1) is 17.4 Å². The van der Waals surface area contributed by atoms with Crippen molar-refractivity contribution in [3.8, 4) is 11.5 Å². The lowest BCUT2D eigenvalue weighted by atomic mass is 10.0. The fraction of sp³-hybridized carbons (Fsp3) is 0.259. The molecular formula is C27H27NO7S. The predicted molar refractivity (Wildman–Crippen MR) is 137 cm³/mol. The lowest BCUT2D eigenvalue weighted by Gasteiger charge is -2.22. The molecule has 2 atom stereocenters. The van der Waals surface area contributed by atoms with Crippen molar-refractivity contribution in [2.24, 2.45) is 5.92 Å². The van der Waals surface area contributed by atoms with E-state index in [0.717, 1.165) is 5.56 Å². The smallest absolute Gasteiger partial charge is 0.344 e. The topological polar surface area (TPSA) is 112 Å². The molecule has 0 aliphatic heterocycles. The molecule has 0 unspecified atom stereocenters. The number of rotatable bonds is 8. The van der Waals surface area contributed by atoms with Gasteiger partial charge in [0.15, 0.2) is 0 Å². The lowest BCUT2D eigenvalue weighted by molar-refractivity contribution is -0.137. The summed E-state index contributed by atoms with van der Waals surface area (Å²) in [6.45, 7) is 5.48. The molecule has 1 heterocycles. The third kappa shape index (κ3) is 5.12. The summed E-state index contributed by atoms with van der Waals surface area (Å²) in [7, 11) is -2.45. The number of sulfonamides is 1. The van der Waals surface area contributed by atoms with Crippen LogP contribution < -0.4 is 19.8 Å². The Labute approximate surface area is 208 Å². The first kappa shape index (κ1) is 25.4. The fourth-order valence-corrected chi connectivity index (χ4v) is 5.14. The van der Waals surface area contributed by atoms with Gasteiger partial charge in [-0.3, -0.25) is 0 Å². The van der Waals surface area contributed by atoms with E-state index >= 15 is 0 Å². The molecule has 36 heavy (non-hydrogen) atoms. The minimum absolute atomic E-state index is 0.0604. The van der Waals surface area contributed by atoms with E-state index in [-0.39, 0.29) is 22.1 Å². The van der Waals surface area contributed by atoms with Crippen LogP contribution in [0.3, 0.4) is 0 Å². The number of methoxy groups -OCH3 is 1. The Kier molecular flexibility index (Phi) is 7.14. The number of nitrogens with one attached hydrogen (secondary N) is 1. The number of ether oxygens (including phenoxy) is 2. The molecule has 1 aromatic heterocycles. The maximum atomic E-state index is 13.1. The number of hydrogen-bond donors (Lipinski definition) is 1. The van der Waals surface area contributed by atoms with E-state index < -0.39 is 27.7 Å². The molecule has 0 bridgehead atoms. The van der Waals surface area contributed by atoms with Crippen LogP contribution >= 0.6 is 0 Å². The second kappa shape index (κ2) is 10.1. The molecule has 0 radical (unpaired) electrons. The Balaban J connectivity index is 1.64. The molecule has 0 aliphatic rings. The van der Waals surface area contributed by atoms with Gasteiger partial charge < -0.3 is 13.9 Å². The summed E-state index contributed by atoms with van der Waals surface area (Å²) in [6, 6.07) is 15.0. The molecule has 1 N–H and O–H groups in total. The van der Waals surface area contributed by atoms with Crippen LogP contribution in [-0.2, 0) is 14.8 Å². The summed E-state index contributed by atoms with van der Waals surface area (Å²) in [5, 5.41) is 1.70. The predicted octanol–water partition coefficient (Wildman–Crippen LogP) is 4.56. The van der Waals surface area contributed by atoms with Crippen molar-refractivity contribution >= 4 is 37.7 Å². The average molecular weight is 510 g/mol. The van der Waals surface area contributed by atoms with Gasteiger partial charge >= 0.3 is 11.6 Å². The van der Waals surface area contributed by atoms with Gasteiger partial charge in [0.25, 0.3) is 0 Å². The Hall–Kier alpha value is -3.69. The summed E-state index contributed by atoms with van der Waals surface area (Å²) in [4.78, 5) is 25.7.